The van der Waals surface area contributed by atoms with Crippen molar-refractivity contribution in [2.24, 2.45) is 0 Å². The third-order valence-electron chi connectivity index (χ3n) is 2.80. The van der Waals surface area contributed by atoms with Crippen LogP contribution in [-0.2, 0) is 6.42 Å². The van der Waals surface area contributed by atoms with Gasteiger partial charge in [0.25, 0.3) is 0 Å². The Balaban J connectivity index is 1.86. The number of nitrogen functional groups attached to an aromatic ring is 1. The Morgan fingerprint density at radius 2 is 1.55 bits per heavy atom. The first-order valence-corrected chi connectivity index (χ1v) is 8.56. The zero-order valence-electron chi connectivity index (χ0n) is 10.7. The molecule has 0 aromatic heterocycles. The fraction of sp³-hybridized carbons (Fsp3) is 0.200. The van der Waals surface area contributed by atoms with Gasteiger partial charge >= 0.3 is 0 Å². The molecule has 0 radical (unpaired) electrons. The molecular weight excluding hydrogens is 450 g/mol. The zero-order valence-corrected chi connectivity index (χ0v) is 15.5. The van der Waals surface area contributed by atoms with Gasteiger partial charge in [0.2, 0.25) is 0 Å². The summed E-state index contributed by atoms with van der Waals surface area (Å²) in [4.78, 5) is 0. The molecule has 5 heteroatoms. The smallest absolute Gasteiger partial charge is 0.147 e. The monoisotopic (exact) mass is 461 g/mol. The maximum absolute atomic E-state index is 5.83. The van der Waals surface area contributed by atoms with Crippen LogP contribution >= 0.6 is 47.8 Å². The second-order valence-corrected chi connectivity index (χ2v) is 7.02. The van der Waals surface area contributed by atoms with E-state index < -0.39 is 0 Å². The lowest BCUT2D eigenvalue weighted by Crippen LogP contribution is -2.01. The van der Waals surface area contributed by atoms with Gasteiger partial charge in [0, 0.05) is 10.2 Å². The Hall–Kier alpha value is -0.520. The summed E-state index contributed by atoms with van der Waals surface area (Å²) in [5.74, 6) is 0.838. The minimum atomic E-state index is 0.670. The average Bonchev–Trinajstić information content (AvgIpc) is 2.39. The van der Waals surface area contributed by atoms with Crippen molar-refractivity contribution >= 4 is 53.5 Å². The van der Waals surface area contributed by atoms with Gasteiger partial charge in [-0.1, -0.05) is 28.1 Å². The predicted molar refractivity (Wildman–Crippen MR) is 94.2 cm³/mol. The number of aryl methyl sites for hydroxylation is 1. The van der Waals surface area contributed by atoms with Crippen LogP contribution in [0.25, 0.3) is 0 Å². The largest absolute Gasteiger partial charge is 0.491 e. The summed E-state index contributed by atoms with van der Waals surface area (Å²) in [7, 11) is 0. The number of ether oxygens (including phenoxy) is 1. The van der Waals surface area contributed by atoms with Crippen molar-refractivity contribution in [1.29, 1.82) is 0 Å². The fourth-order valence-electron chi connectivity index (χ4n) is 1.80. The van der Waals surface area contributed by atoms with Gasteiger partial charge in [-0.25, -0.2) is 0 Å². The average molecular weight is 464 g/mol. The molecule has 2 nitrogen and oxygen atoms in total. The number of hydrogen-bond donors (Lipinski definition) is 1. The Morgan fingerprint density at radius 1 is 0.950 bits per heavy atom. The van der Waals surface area contributed by atoms with Crippen molar-refractivity contribution in [3.05, 3.63) is 55.4 Å². The van der Waals surface area contributed by atoms with E-state index in [4.69, 9.17) is 10.5 Å². The summed E-state index contributed by atoms with van der Waals surface area (Å²) in [6.45, 7) is 0.670. The van der Waals surface area contributed by atoms with Crippen molar-refractivity contribution in [3.8, 4) is 5.75 Å². The van der Waals surface area contributed by atoms with E-state index in [1.165, 1.54) is 5.56 Å². The molecule has 0 unspecified atom stereocenters. The maximum atomic E-state index is 5.83. The second-order valence-electron chi connectivity index (χ2n) is 4.39. The van der Waals surface area contributed by atoms with Crippen molar-refractivity contribution in [2.75, 3.05) is 12.3 Å². The highest BCUT2D eigenvalue weighted by Gasteiger charge is 2.08. The lowest BCUT2D eigenvalue weighted by molar-refractivity contribution is 0.307. The Labute approximate surface area is 144 Å². The number of benzene rings is 2. The van der Waals surface area contributed by atoms with Crippen LogP contribution in [-0.4, -0.2) is 6.61 Å². The van der Waals surface area contributed by atoms with Gasteiger partial charge in [-0.15, -0.1) is 0 Å². The van der Waals surface area contributed by atoms with Crippen molar-refractivity contribution in [1.82, 2.24) is 0 Å². The van der Waals surface area contributed by atoms with Gasteiger partial charge in [0.1, 0.15) is 5.75 Å². The second kappa shape index (κ2) is 7.48. The molecule has 0 bridgehead atoms. The molecule has 0 saturated carbocycles. The first kappa shape index (κ1) is 15.9. The standard InChI is InChI=1S/C15H14Br3NO/c16-11-8-13(17)15(14(18)9-11)20-7-1-2-10-3-5-12(19)6-4-10/h3-6,8-9H,1-2,7,19H2. The topological polar surface area (TPSA) is 35.2 Å². The number of halogens is 3. The zero-order chi connectivity index (χ0) is 14.5. The van der Waals surface area contributed by atoms with E-state index in [2.05, 4.69) is 59.9 Å². The molecule has 106 valence electrons. The van der Waals surface area contributed by atoms with Crippen LogP contribution in [0.15, 0.2) is 49.8 Å². The van der Waals surface area contributed by atoms with E-state index in [1.54, 1.807) is 0 Å². The van der Waals surface area contributed by atoms with E-state index >= 15 is 0 Å². The van der Waals surface area contributed by atoms with E-state index in [-0.39, 0.29) is 0 Å². The van der Waals surface area contributed by atoms with Crippen molar-refractivity contribution < 1.29 is 4.74 Å². The molecule has 2 aromatic carbocycles. The minimum Gasteiger partial charge on any atom is -0.491 e. The van der Waals surface area contributed by atoms with Crippen molar-refractivity contribution in [3.63, 3.8) is 0 Å². The van der Waals surface area contributed by atoms with E-state index in [1.807, 2.05) is 24.3 Å². The molecule has 0 atom stereocenters. The number of anilines is 1. The van der Waals surface area contributed by atoms with E-state index in [0.717, 1.165) is 37.7 Å². The van der Waals surface area contributed by atoms with Crippen LogP contribution in [0, 0.1) is 0 Å². The molecule has 0 amide bonds. The van der Waals surface area contributed by atoms with Gasteiger partial charge in [-0.2, -0.15) is 0 Å². The molecule has 2 rings (SSSR count). The summed E-state index contributed by atoms with van der Waals surface area (Å²) >= 11 is 10.4. The molecule has 2 N–H and O–H groups in total. The summed E-state index contributed by atoms with van der Waals surface area (Å²) in [5.41, 5.74) is 7.74. The molecular formula is C15H14Br3NO. The molecule has 0 spiro atoms. The van der Waals surface area contributed by atoms with Gasteiger partial charge < -0.3 is 10.5 Å². The third kappa shape index (κ3) is 4.50. The Morgan fingerprint density at radius 3 is 2.15 bits per heavy atom. The normalized spacial score (nSPS) is 10.6. The Bertz CT molecular complexity index is 561. The predicted octanol–water partition coefficient (Wildman–Crippen LogP) is 5.57. The summed E-state index contributed by atoms with van der Waals surface area (Å²) in [5, 5.41) is 0. The SMILES string of the molecule is Nc1ccc(CCCOc2c(Br)cc(Br)cc2Br)cc1. The molecule has 20 heavy (non-hydrogen) atoms. The van der Waals surface area contributed by atoms with E-state index in [9.17, 15) is 0 Å². The van der Waals surface area contributed by atoms with Crippen LogP contribution in [0.3, 0.4) is 0 Å². The highest BCUT2D eigenvalue weighted by Crippen LogP contribution is 2.36. The highest BCUT2D eigenvalue weighted by atomic mass is 79.9. The summed E-state index contributed by atoms with van der Waals surface area (Å²) in [6, 6.07) is 11.9. The lowest BCUT2D eigenvalue weighted by Gasteiger charge is -2.11. The van der Waals surface area contributed by atoms with Crippen LogP contribution in [0.1, 0.15) is 12.0 Å². The summed E-state index contributed by atoms with van der Waals surface area (Å²) in [6.07, 6.45) is 1.94. The van der Waals surface area contributed by atoms with Crippen LogP contribution in [0.4, 0.5) is 5.69 Å². The van der Waals surface area contributed by atoms with E-state index in [0.29, 0.717) is 6.61 Å². The number of nitrogens with two attached hydrogens (primary N) is 1. The maximum Gasteiger partial charge on any atom is 0.147 e. The number of hydrogen-bond acceptors (Lipinski definition) is 2. The minimum absolute atomic E-state index is 0.670. The summed E-state index contributed by atoms with van der Waals surface area (Å²) < 4.78 is 8.71. The van der Waals surface area contributed by atoms with Gasteiger partial charge in [-0.3, -0.25) is 0 Å². The van der Waals surface area contributed by atoms with Gasteiger partial charge in [-0.05, 0) is 74.5 Å². The molecule has 0 aliphatic carbocycles. The molecule has 0 aliphatic heterocycles. The molecule has 0 aliphatic rings. The third-order valence-corrected chi connectivity index (χ3v) is 4.43. The molecule has 0 heterocycles. The first-order chi connectivity index (χ1) is 9.56. The van der Waals surface area contributed by atoms with Gasteiger partial charge in [0.05, 0.1) is 15.6 Å². The number of rotatable bonds is 5. The quantitative estimate of drug-likeness (QED) is 0.465. The molecule has 0 saturated heterocycles. The Kier molecular flexibility index (Phi) is 5.93. The van der Waals surface area contributed by atoms with Crippen LogP contribution in [0.5, 0.6) is 5.75 Å². The highest BCUT2D eigenvalue weighted by molar-refractivity contribution is 9.11. The molecule has 2 aromatic rings. The van der Waals surface area contributed by atoms with Crippen LogP contribution in [0.2, 0.25) is 0 Å². The van der Waals surface area contributed by atoms with Gasteiger partial charge in [0.15, 0.2) is 0 Å². The van der Waals surface area contributed by atoms with Crippen molar-refractivity contribution in [2.45, 2.75) is 12.8 Å². The first-order valence-electron chi connectivity index (χ1n) is 6.18. The fourth-order valence-corrected chi connectivity index (χ4v) is 4.29. The molecule has 0 fully saturated rings. The van der Waals surface area contributed by atoms with Crippen LogP contribution < -0.4 is 10.5 Å². The lowest BCUT2D eigenvalue weighted by atomic mass is 10.1.